The topological polar surface area (TPSA) is 91.4 Å². The molecule has 0 aliphatic carbocycles. The molecule has 0 bridgehead atoms. The van der Waals surface area contributed by atoms with Crippen LogP contribution in [-0.2, 0) is 11.3 Å². The molecule has 0 N–H and O–H groups in total. The highest BCUT2D eigenvalue weighted by Crippen LogP contribution is 2.36. The molecule has 0 fully saturated rings. The fourth-order valence-electron chi connectivity index (χ4n) is 4.35. The summed E-state index contributed by atoms with van der Waals surface area (Å²) in [4.78, 5) is 27.7. The van der Waals surface area contributed by atoms with E-state index in [1.807, 2.05) is 31.2 Å². The number of ether oxygens (including phenoxy) is 3. The van der Waals surface area contributed by atoms with E-state index in [-0.39, 0.29) is 5.56 Å². The van der Waals surface area contributed by atoms with Crippen molar-refractivity contribution < 1.29 is 23.0 Å². The number of para-hydroxylation sites is 1. The smallest absolute Gasteiger partial charge is 0.344 e. The summed E-state index contributed by atoms with van der Waals surface area (Å²) in [6, 6.07) is 12.2. The van der Waals surface area contributed by atoms with Crippen LogP contribution in [0.1, 0.15) is 18.9 Å². The molecule has 0 unspecified atom stereocenters. The molecule has 2 aromatic carbocycles. The Hall–Kier alpha value is -3.62. The van der Waals surface area contributed by atoms with Crippen LogP contribution in [0.25, 0.3) is 33.1 Å². The van der Waals surface area contributed by atoms with Crippen LogP contribution in [0.5, 0.6) is 11.5 Å². The molecule has 0 spiro atoms. The van der Waals surface area contributed by atoms with Crippen LogP contribution in [-0.4, -0.2) is 38.5 Å². The van der Waals surface area contributed by atoms with Crippen LogP contribution >= 0.6 is 0 Å². The zero-order chi connectivity index (χ0) is 23.7. The summed E-state index contributed by atoms with van der Waals surface area (Å²) >= 11 is 0. The minimum atomic E-state index is -0.554. The second-order valence-electron chi connectivity index (χ2n) is 8.13. The van der Waals surface area contributed by atoms with E-state index in [9.17, 15) is 9.59 Å². The van der Waals surface area contributed by atoms with Crippen LogP contribution in [0.3, 0.4) is 0 Å². The van der Waals surface area contributed by atoms with Gasteiger partial charge in [0.1, 0.15) is 18.1 Å². The van der Waals surface area contributed by atoms with Gasteiger partial charge < -0.3 is 23.0 Å². The lowest BCUT2D eigenvalue weighted by atomic mass is 9.99. The van der Waals surface area contributed by atoms with Gasteiger partial charge in [0.15, 0.2) is 11.3 Å². The monoisotopic (exact) mass is 463 g/mol. The van der Waals surface area contributed by atoms with E-state index in [1.54, 1.807) is 19.2 Å². The highest BCUT2D eigenvalue weighted by Gasteiger charge is 2.23. The van der Waals surface area contributed by atoms with Gasteiger partial charge in [0.05, 0.1) is 17.7 Å². The van der Waals surface area contributed by atoms with Crippen molar-refractivity contribution in [3.63, 3.8) is 0 Å². The number of fused-ring (bicyclic) bond motifs is 4. The first-order chi connectivity index (χ1) is 16.6. The van der Waals surface area contributed by atoms with E-state index < -0.39 is 11.3 Å². The van der Waals surface area contributed by atoms with Crippen molar-refractivity contribution in [3.8, 4) is 22.6 Å². The summed E-state index contributed by atoms with van der Waals surface area (Å²) in [6.45, 7) is 4.76. The van der Waals surface area contributed by atoms with Gasteiger partial charge in [-0.15, -0.1) is 0 Å². The second-order valence-corrected chi connectivity index (χ2v) is 8.13. The SMILES string of the molecule is CCOc1cccc2cc(-c3cc(=O)oc4c5c(ccc34)OCN(CCCOC)C5)c(=O)oc12. The number of benzene rings is 2. The van der Waals surface area contributed by atoms with E-state index in [1.165, 1.54) is 6.07 Å². The van der Waals surface area contributed by atoms with Gasteiger partial charge in [0.25, 0.3) is 0 Å². The molecule has 34 heavy (non-hydrogen) atoms. The van der Waals surface area contributed by atoms with Gasteiger partial charge in [-0.2, -0.15) is 0 Å². The number of methoxy groups -OCH3 is 1. The molecule has 0 saturated carbocycles. The van der Waals surface area contributed by atoms with E-state index in [0.29, 0.717) is 65.5 Å². The first kappa shape index (κ1) is 22.2. The lowest BCUT2D eigenvalue weighted by Gasteiger charge is -2.29. The summed E-state index contributed by atoms with van der Waals surface area (Å²) in [6.07, 6.45) is 0.858. The predicted octanol–water partition coefficient (Wildman–Crippen LogP) is 4.15. The molecule has 4 aromatic rings. The summed E-state index contributed by atoms with van der Waals surface area (Å²) < 4.78 is 27.9. The molecule has 5 rings (SSSR count). The maximum atomic E-state index is 13.0. The summed E-state index contributed by atoms with van der Waals surface area (Å²) in [5.74, 6) is 1.17. The van der Waals surface area contributed by atoms with Crippen molar-refractivity contribution in [2.75, 3.05) is 33.6 Å². The molecule has 0 atom stereocenters. The maximum absolute atomic E-state index is 13.0. The number of hydrogen-bond acceptors (Lipinski definition) is 8. The summed E-state index contributed by atoms with van der Waals surface area (Å²) in [5, 5.41) is 1.35. The molecule has 2 aromatic heterocycles. The largest absolute Gasteiger partial charge is 0.490 e. The van der Waals surface area contributed by atoms with Crippen molar-refractivity contribution in [1.82, 2.24) is 4.90 Å². The first-order valence-corrected chi connectivity index (χ1v) is 11.2. The van der Waals surface area contributed by atoms with Crippen molar-refractivity contribution >= 4 is 21.9 Å². The molecular weight excluding hydrogens is 438 g/mol. The number of rotatable bonds is 7. The van der Waals surface area contributed by atoms with Gasteiger partial charge in [-0.1, -0.05) is 12.1 Å². The molecule has 1 aliphatic heterocycles. The Morgan fingerprint density at radius 3 is 2.74 bits per heavy atom. The fourth-order valence-corrected chi connectivity index (χ4v) is 4.35. The van der Waals surface area contributed by atoms with Crippen LogP contribution in [0.4, 0.5) is 0 Å². The summed E-state index contributed by atoms with van der Waals surface area (Å²) in [5.41, 5.74) is 1.22. The molecule has 8 nitrogen and oxygen atoms in total. The van der Waals surface area contributed by atoms with Crippen LogP contribution in [0, 0.1) is 0 Å². The zero-order valence-electron chi connectivity index (χ0n) is 19.1. The van der Waals surface area contributed by atoms with Crippen molar-refractivity contribution in [3.05, 3.63) is 68.9 Å². The Labute approximate surface area is 195 Å². The number of nitrogens with zero attached hydrogens (tertiary/aromatic N) is 1. The van der Waals surface area contributed by atoms with Gasteiger partial charge >= 0.3 is 11.3 Å². The Balaban J connectivity index is 1.64. The highest BCUT2D eigenvalue weighted by atomic mass is 16.5. The highest BCUT2D eigenvalue weighted by molar-refractivity contribution is 5.97. The van der Waals surface area contributed by atoms with E-state index in [4.69, 9.17) is 23.0 Å². The molecule has 0 amide bonds. The average Bonchev–Trinajstić information content (AvgIpc) is 2.84. The Morgan fingerprint density at radius 2 is 1.91 bits per heavy atom. The van der Waals surface area contributed by atoms with Crippen molar-refractivity contribution in [2.45, 2.75) is 19.9 Å². The minimum Gasteiger partial charge on any atom is -0.490 e. The van der Waals surface area contributed by atoms with E-state index >= 15 is 0 Å². The normalized spacial score (nSPS) is 13.7. The van der Waals surface area contributed by atoms with Crippen LogP contribution < -0.4 is 20.7 Å². The third kappa shape index (κ3) is 4.06. The lowest BCUT2D eigenvalue weighted by molar-refractivity contribution is 0.0837. The Bertz CT molecular complexity index is 1470. The summed E-state index contributed by atoms with van der Waals surface area (Å²) in [7, 11) is 1.67. The lowest BCUT2D eigenvalue weighted by Crippen LogP contribution is -2.33. The van der Waals surface area contributed by atoms with E-state index in [2.05, 4.69) is 4.90 Å². The molecule has 0 radical (unpaired) electrons. The van der Waals surface area contributed by atoms with Gasteiger partial charge in [0.2, 0.25) is 0 Å². The van der Waals surface area contributed by atoms with Crippen molar-refractivity contribution in [2.24, 2.45) is 0 Å². The Kier molecular flexibility index (Phi) is 6.08. The zero-order valence-corrected chi connectivity index (χ0v) is 19.1. The van der Waals surface area contributed by atoms with Gasteiger partial charge in [-0.05, 0) is 37.6 Å². The molecule has 0 saturated heterocycles. The molecule has 8 heteroatoms. The minimum absolute atomic E-state index is 0.285. The molecule has 176 valence electrons. The van der Waals surface area contributed by atoms with E-state index in [0.717, 1.165) is 18.5 Å². The van der Waals surface area contributed by atoms with Gasteiger partial charge in [-0.25, -0.2) is 9.59 Å². The first-order valence-electron chi connectivity index (χ1n) is 11.2. The fraction of sp³-hybridized carbons (Fsp3) is 0.308. The van der Waals surface area contributed by atoms with Crippen molar-refractivity contribution in [1.29, 1.82) is 0 Å². The standard InChI is InChI=1S/C26H25NO7/c1-3-31-22-7-4-6-16-12-19(26(29)34-24(16)22)18-13-23(28)33-25-17(18)8-9-21-20(25)14-27(15-32-21)10-5-11-30-2/h4,6-9,12-13H,3,5,10-11,14-15H2,1-2H3. The predicted molar refractivity (Wildman–Crippen MR) is 128 cm³/mol. The maximum Gasteiger partial charge on any atom is 0.344 e. The quantitative estimate of drug-likeness (QED) is 0.298. The van der Waals surface area contributed by atoms with Crippen LogP contribution in [0.2, 0.25) is 0 Å². The Morgan fingerprint density at radius 1 is 1.03 bits per heavy atom. The third-order valence-corrected chi connectivity index (χ3v) is 5.89. The molecule has 3 heterocycles. The number of hydrogen-bond donors (Lipinski definition) is 0. The van der Waals surface area contributed by atoms with Crippen LogP contribution in [0.15, 0.2) is 60.9 Å². The van der Waals surface area contributed by atoms with Gasteiger partial charge in [-0.3, -0.25) is 4.90 Å². The molecule has 1 aliphatic rings. The molecular formula is C26H25NO7. The average molecular weight is 463 g/mol. The van der Waals surface area contributed by atoms with Gasteiger partial charge in [0, 0.05) is 49.2 Å². The second kappa shape index (κ2) is 9.32. The third-order valence-electron chi connectivity index (χ3n) is 5.89.